The highest BCUT2D eigenvalue weighted by molar-refractivity contribution is 5.94. The first-order valence-electron chi connectivity index (χ1n) is 4.81. The van der Waals surface area contributed by atoms with E-state index >= 15 is 0 Å². The second-order valence-electron chi connectivity index (χ2n) is 3.28. The van der Waals surface area contributed by atoms with Gasteiger partial charge in [0.05, 0.1) is 6.04 Å². The summed E-state index contributed by atoms with van der Waals surface area (Å²) in [6, 6.07) is 8.33. The van der Waals surface area contributed by atoms with Gasteiger partial charge in [-0.2, -0.15) is 0 Å². The SMILES string of the molecule is C[C@H](N)C(=O)[N]C(=O)OCc1ccccc1. The van der Waals surface area contributed by atoms with Crippen molar-refractivity contribution < 1.29 is 14.3 Å². The number of benzene rings is 1. The molecule has 1 rings (SSSR count). The molecular weight excluding hydrogens is 208 g/mol. The van der Waals surface area contributed by atoms with Gasteiger partial charge in [0.25, 0.3) is 5.91 Å². The van der Waals surface area contributed by atoms with Crippen LogP contribution >= 0.6 is 0 Å². The molecular formula is C11H13N2O3. The maximum Gasteiger partial charge on any atom is 0.437 e. The van der Waals surface area contributed by atoms with E-state index in [0.29, 0.717) is 0 Å². The van der Waals surface area contributed by atoms with Gasteiger partial charge in [0, 0.05) is 0 Å². The number of amides is 2. The van der Waals surface area contributed by atoms with Crippen LogP contribution in [-0.4, -0.2) is 18.0 Å². The van der Waals surface area contributed by atoms with Crippen molar-refractivity contribution >= 4 is 12.0 Å². The fourth-order valence-electron chi connectivity index (χ4n) is 0.943. The van der Waals surface area contributed by atoms with Gasteiger partial charge in [-0.05, 0) is 12.5 Å². The smallest absolute Gasteiger partial charge is 0.437 e. The molecule has 1 radical (unpaired) electrons. The number of hydrogen-bond acceptors (Lipinski definition) is 4. The molecule has 5 nitrogen and oxygen atoms in total. The molecule has 0 aliphatic heterocycles. The fourth-order valence-corrected chi connectivity index (χ4v) is 0.943. The Hall–Kier alpha value is -1.88. The van der Waals surface area contributed by atoms with Crippen LogP contribution < -0.4 is 11.1 Å². The highest BCUT2D eigenvalue weighted by Crippen LogP contribution is 2.00. The minimum absolute atomic E-state index is 0.0927. The molecule has 1 aromatic carbocycles. The lowest BCUT2D eigenvalue weighted by Gasteiger charge is -2.05. The van der Waals surface area contributed by atoms with Gasteiger partial charge in [0.2, 0.25) is 0 Å². The van der Waals surface area contributed by atoms with Crippen molar-refractivity contribution in [2.24, 2.45) is 5.73 Å². The summed E-state index contributed by atoms with van der Waals surface area (Å²) in [6.45, 7) is 1.55. The standard InChI is InChI=1S/C11H13N2O3/c1-8(12)10(14)13-11(15)16-7-9-5-3-2-4-6-9/h2-6,8H,7,12H2,1H3/t8-/m0/s1. The first-order chi connectivity index (χ1) is 7.59. The number of rotatable bonds is 3. The van der Waals surface area contributed by atoms with E-state index in [0.717, 1.165) is 5.56 Å². The summed E-state index contributed by atoms with van der Waals surface area (Å²) in [5.41, 5.74) is 6.07. The molecule has 2 N–H and O–H groups in total. The number of imide groups is 1. The number of nitrogens with zero attached hydrogens (tertiary/aromatic N) is 1. The molecule has 0 fully saturated rings. The molecule has 2 amide bonds. The maximum absolute atomic E-state index is 11.1. The third-order valence-electron chi connectivity index (χ3n) is 1.80. The van der Waals surface area contributed by atoms with Crippen LogP contribution in [0.25, 0.3) is 0 Å². The van der Waals surface area contributed by atoms with Crippen LogP contribution in [0.1, 0.15) is 12.5 Å². The highest BCUT2D eigenvalue weighted by Gasteiger charge is 2.15. The van der Waals surface area contributed by atoms with Crippen LogP contribution in [-0.2, 0) is 16.1 Å². The molecule has 0 unspecified atom stereocenters. The molecule has 5 heteroatoms. The second-order valence-corrected chi connectivity index (χ2v) is 3.28. The monoisotopic (exact) mass is 221 g/mol. The predicted molar refractivity (Wildman–Crippen MR) is 57.4 cm³/mol. The van der Waals surface area contributed by atoms with E-state index in [-0.39, 0.29) is 6.61 Å². The van der Waals surface area contributed by atoms with Gasteiger partial charge < -0.3 is 10.5 Å². The Labute approximate surface area is 93.6 Å². The van der Waals surface area contributed by atoms with Crippen LogP contribution in [0.3, 0.4) is 0 Å². The maximum atomic E-state index is 11.1. The molecule has 0 heterocycles. The minimum atomic E-state index is -0.911. The lowest BCUT2D eigenvalue weighted by atomic mass is 10.2. The molecule has 0 saturated heterocycles. The van der Waals surface area contributed by atoms with Gasteiger partial charge in [-0.15, -0.1) is 5.32 Å². The van der Waals surface area contributed by atoms with Crippen LogP contribution in [0.5, 0.6) is 0 Å². The van der Waals surface area contributed by atoms with E-state index < -0.39 is 18.0 Å². The van der Waals surface area contributed by atoms with E-state index in [2.05, 4.69) is 5.32 Å². The Morgan fingerprint density at radius 1 is 1.38 bits per heavy atom. The summed E-state index contributed by atoms with van der Waals surface area (Å²) < 4.78 is 4.77. The Morgan fingerprint density at radius 3 is 2.56 bits per heavy atom. The highest BCUT2D eigenvalue weighted by atomic mass is 16.5. The Balaban J connectivity index is 2.34. The summed E-state index contributed by atoms with van der Waals surface area (Å²) in [5, 5.41) is 3.17. The van der Waals surface area contributed by atoms with Crippen LogP contribution in [0, 0.1) is 0 Å². The van der Waals surface area contributed by atoms with Crippen molar-refractivity contribution in [2.75, 3.05) is 0 Å². The molecule has 0 spiro atoms. The number of carbonyl (C=O) groups is 2. The summed E-state index contributed by atoms with van der Waals surface area (Å²) in [5.74, 6) is -0.682. The van der Waals surface area contributed by atoms with Gasteiger partial charge in [0.1, 0.15) is 6.61 Å². The molecule has 1 aromatic rings. The zero-order valence-corrected chi connectivity index (χ0v) is 8.92. The number of hydrogen-bond donors (Lipinski definition) is 1. The number of nitrogens with two attached hydrogens (primary N) is 1. The lowest BCUT2D eigenvalue weighted by Crippen LogP contribution is -2.36. The number of carbonyl (C=O) groups excluding carboxylic acids is 2. The lowest BCUT2D eigenvalue weighted by molar-refractivity contribution is -0.121. The first kappa shape index (κ1) is 12.2. The van der Waals surface area contributed by atoms with Crippen LogP contribution in [0.4, 0.5) is 4.79 Å². The average molecular weight is 221 g/mol. The normalized spacial score (nSPS) is 11.6. The molecule has 16 heavy (non-hydrogen) atoms. The van der Waals surface area contributed by atoms with Crippen molar-refractivity contribution in [1.82, 2.24) is 5.32 Å². The molecule has 0 aliphatic carbocycles. The van der Waals surface area contributed by atoms with Gasteiger partial charge in [0.15, 0.2) is 0 Å². The molecule has 85 valence electrons. The molecule has 1 atom stereocenters. The zero-order chi connectivity index (χ0) is 12.0. The number of ether oxygens (including phenoxy) is 1. The summed E-state index contributed by atoms with van der Waals surface area (Å²) in [6.07, 6.45) is -0.911. The van der Waals surface area contributed by atoms with E-state index in [1.54, 1.807) is 12.1 Å². The van der Waals surface area contributed by atoms with Crippen molar-refractivity contribution in [3.05, 3.63) is 35.9 Å². The topological polar surface area (TPSA) is 83.5 Å². The van der Waals surface area contributed by atoms with Crippen LogP contribution in [0.15, 0.2) is 30.3 Å². The Morgan fingerprint density at radius 2 is 2.00 bits per heavy atom. The van der Waals surface area contributed by atoms with Crippen molar-refractivity contribution in [3.63, 3.8) is 0 Å². The summed E-state index contributed by atoms with van der Waals surface area (Å²) >= 11 is 0. The molecule has 0 aromatic heterocycles. The second kappa shape index (κ2) is 5.87. The van der Waals surface area contributed by atoms with Crippen LogP contribution in [0.2, 0.25) is 0 Å². The van der Waals surface area contributed by atoms with Gasteiger partial charge in [-0.25, -0.2) is 4.79 Å². The van der Waals surface area contributed by atoms with Crippen molar-refractivity contribution in [3.8, 4) is 0 Å². The average Bonchev–Trinajstić information content (AvgIpc) is 2.27. The van der Waals surface area contributed by atoms with Crippen molar-refractivity contribution in [1.29, 1.82) is 0 Å². The minimum Gasteiger partial charge on any atom is -0.443 e. The predicted octanol–water partition coefficient (Wildman–Crippen LogP) is 0.801. The Bertz CT molecular complexity index is 363. The Kier molecular flexibility index (Phi) is 4.47. The van der Waals surface area contributed by atoms with E-state index in [4.69, 9.17) is 10.5 Å². The third-order valence-corrected chi connectivity index (χ3v) is 1.80. The van der Waals surface area contributed by atoms with E-state index in [1.165, 1.54) is 6.92 Å². The van der Waals surface area contributed by atoms with Gasteiger partial charge in [-0.1, -0.05) is 30.3 Å². The summed E-state index contributed by atoms with van der Waals surface area (Å²) in [7, 11) is 0. The summed E-state index contributed by atoms with van der Waals surface area (Å²) in [4.78, 5) is 22.0. The fraction of sp³-hybridized carbons (Fsp3) is 0.273. The third kappa shape index (κ3) is 4.10. The van der Waals surface area contributed by atoms with Gasteiger partial charge in [-0.3, -0.25) is 4.79 Å². The molecule has 0 bridgehead atoms. The quantitative estimate of drug-likeness (QED) is 0.818. The molecule has 0 aliphatic rings. The van der Waals surface area contributed by atoms with E-state index in [1.807, 2.05) is 18.2 Å². The first-order valence-corrected chi connectivity index (χ1v) is 4.81. The zero-order valence-electron chi connectivity index (χ0n) is 8.92. The molecule has 0 saturated carbocycles. The van der Waals surface area contributed by atoms with Crippen molar-refractivity contribution in [2.45, 2.75) is 19.6 Å². The van der Waals surface area contributed by atoms with Gasteiger partial charge >= 0.3 is 6.09 Å². The van der Waals surface area contributed by atoms with E-state index in [9.17, 15) is 9.59 Å². The largest absolute Gasteiger partial charge is 0.443 e.